The maximum Gasteiger partial charge on any atom is 0.278 e. The number of carbonyl (C=O) groups is 1. The maximum absolute atomic E-state index is 13.4. The van der Waals surface area contributed by atoms with Crippen molar-refractivity contribution >= 4 is 35.0 Å². The van der Waals surface area contributed by atoms with Crippen molar-refractivity contribution in [2.45, 2.75) is 17.8 Å². The summed E-state index contributed by atoms with van der Waals surface area (Å²) in [7, 11) is 0. The molecular formula is C21H16ClFN6OS. The molecule has 0 aliphatic rings. The van der Waals surface area contributed by atoms with Crippen LogP contribution in [0.3, 0.4) is 0 Å². The Morgan fingerprint density at radius 2 is 1.90 bits per heavy atom. The van der Waals surface area contributed by atoms with E-state index in [9.17, 15) is 9.18 Å². The van der Waals surface area contributed by atoms with Crippen LogP contribution < -0.4 is 5.32 Å². The van der Waals surface area contributed by atoms with E-state index in [0.29, 0.717) is 22.3 Å². The Morgan fingerprint density at radius 3 is 2.61 bits per heavy atom. The quantitative estimate of drug-likeness (QED) is 0.335. The van der Waals surface area contributed by atoms with E-state index >= 15 is 0 Å². The predicted molar refractivity (Wildman–Crippen MR) is 117 cm³/mol. The number of thioether (sulfide) groups is 1. The van der Waals surface area contributed by atoms with Crippen LogP contribution in [-0.4, -0.2) is 30.9 Å². The molecule has 1 N–H and O–H groups in total. The van der Waals surface area contributed by atoms with E-state index in [1.807, 2.05) is 31.2 Å². The number of halogens is 2. The second-order valence-electron chi connectivity index (χ2n) is 6.54. The van der Waals surface area contributed by atoms with Gasteiger partial charge in [0, 0.05) is 23.8 Å². The molecule has 0 radical (unpaired) electrons. The Balaban J connectivity index is 1.66. The topological polar surface area (TPSA) is 85.6 Å². The van der Waals surface area contributed by atoms with Gasteiger partial charge in [-0.15, -0.1) is 5.10 Å². The summed E-state index contributed by atoms with van der Waals surface area (Å²) < 4.78 is 15.0. The van der Waals surface area contributed by atoms with Crippen molar-refractivity contribution in [2.24, 2.45) is 0 Å². The van der Waals surface area contributed by atoms with Crippen molar-refractivity contribution < 1.29 is 9.18 Å². The van der Waals surface area contributed by atoms with E-state index in [0.717, 1.165) is 11.3 Å². The molecule has 156 valence electrons. The molecule has 0 atom stereocenters. The molecule has 2 aromatic carbocycles. The molecule has 0 aliphatic heterocycles. The zero-order valence-corrected chi connectivity index (χ0v) is 17.9. The SMILES string of the molecule is Cc1ccc(-n2nnc(C(=O)Nc3ccc(F)c(Cl)c3)c2CSc2ncccn2)cc1. The first kappa shape index (κ1) is 21.0. The Morgan fingerprint density at radius 1 is 1.16 bits per heavy atom. The van der Waals surface area contributed by atoms with Crippen molar-refractivity contribution in [3.8, 4) is 5.69 Å². The van der Waals surface area contributed by atoms with Crippen LogP contribution in [0.5, 0.6) is 0 Å². The summed E-state index contributed by atoms with van der Waals surface area (Å²) in [5.74, 6) is -0.687. The number of aryl methyl sites for hydroxylation is 1. The minimum Gasteiger partial charge on any atom is -0.320 e. The lowest BCUT2D eigenvalue weighted by Gasteiger charge is -2.09. The van der Waals surface area contributed by atoms with Crippen molar-refractivity contribution in [1.29, 1.82) is 0 Å². The number of aromatic nitrogens is 5. The first-order valence-electron chi connectivity index (χ1n) is 9.19. The first-order chi connectivity index (χ1) is 15.0. The third kappa shape index (κ3) is 4.89. The highest BCUT2D eigenvalue weighted by Crippen LogP contribution is 2.24. The fourth-order valence-corrected chi connectivity index (χ4v) is 3.73. The average Bonchev–Trinajstić information content (AvgIpc) is 3.20. The Hall–Kier alpha value is -3.30. The van der Waals surface area contributed by atoms with Gasteiger partial charge in [0.15, 0.2) is 10.9 Å². The van der Waals surface area contributed by atoms with E-state index in [4.69, 9.17) is 11.6 Å². The number of nitrogens with one attached hydrogen (secondary N) is 1. The number of rotatable bonds is 6. The monoisotopic (exact) mass is 454 g/mol. The highest BCUT2D eigenvalue weighted by molar-refractivity contribution is 7.98. The van der Waals surface area contributed by atoms with Crippen LogP contribution in [0.15, 0.2) is 66.1 Å². The molecule has 4 rings (SSSR count). The van der Waals surface area contributed by atoms with Crippen LogP contribution in [0, 0.1) is 12.7 Å². The predicted octanol–water partition coefficient (Wildman–Crippen LogP) is 4.70. The van der Waals surface area contributed by atoms with Gasteiger partial charge in [0.2, 0.25) is 0 Å². The molecule has 2 heterocycles. The summed E-state index contributed by atoms with van der Waals surface area (Å²) in [4.78, 5) is 21.3. The van der Waals surface area contributed by atoms with Crippen molar-refractivity contribution in [1.82, 2.24) is 25.0 Å². The van der Waals surface area contributed by atoms with E-state index in [-0.39, 0.29) is 10.7 Å². The molecule has 0 bridgehead atoms. The molecule has 1 amide bonds. The van der Waals surface area contributed by atoms with Gasteiger partial charge in [0.25, 0.3) is 5.91 Å². The van der Waals surface area contributed by atoms with Gasteiger partial charge in [-0.3, -0.25) is 4.79 Å². The zero-order valence-electron chi connectivity index (χ0n) is 16.3. The number of carbonyl (C=O) groups excluding carboxylic acids is 1. The van der Waals surface area contributed by atoms with Crippen LogP contribution in [0.4, 0.5) is 10.1 Å². The molecule has 0 saturated heterocycles. The second-order valence-corrected chi connectivity index (χ2v) is 7.88. The number of nitrogens with zero attached hydrogens (tertiary/aromatic N) is 5. The van der Waals surface area contributed by atoms with E-state index < -0.39 is 11.7 Å². The number of hydrogen-bond donors (Lipinski definition) is 1. The standard InChI is InChI=1S/C21H16ClFN6OS/c1-13-3-6-15(7-4-13)29-18(12-31-21-24-9-2-10-25-21)19(27-28-29)20(30)26-14-5-8-17(23)16(22)11-14/h2-11H,12H2,1H3,(H,26,30). The van der Waals surface area contributed by atoms with Crippen LogP contribution in [-0.2, 0) is 5.75 Å². The Kier molecular flexibility index (Phi) is 6.24. The third-order valence-corrected chi connectivity index (χ3v) is 5.49. The number of benzene rings is 2. The second kappa shape index (κ2) is 9.23. The van der Waals surface area contributed by atoms with E-state index in [1.165, 1.54) is 30.0 Å². The largest absolute Gasteiger partial charge is 0.320 e. The summed E-state index contributed by atoms with van der Waals surface area (Å²) in [6.45, 7) is 1.99. The fraction of sp³-hybridized carbons (Fsp3) is 0.0952. The van der Waals surface area contributed by atoms with Crippen LogP contribution in [0.25, 0.3) is 5.69 Å². The van der Waals surface area contributed by atoms with E-state index in [1.54, 1.807) is 23.1 Å². The van der Waals surface area contributed by atoms with Crippen molar-refractivity contribution in [3.05, 3.63) is 88.7 Å². The van der Waals surface area contributed by atoms with Gasteiger partial charge < -0.3 is 5.32 Å². The lowest BCUT2D eigenvalue weighted by Crippen LogP contribution is -2.15. The lowest BCUT2D eigenvalue weighted by molar-refractivity contribution is 0.102. The van der Waals surface area contributed by atoms with Crippen LogP contribution in [0.2, 0.25) is 5.02 Å². The minimum atomic E-state index is -0.565. The summed E-state index contributed by atoms with van der Waals surface area (Å²) in [6.07, 6.45) is 3.30. The van der Waals surface area contributed by atoms with Gasteiger partial charge in [-0.1, -0.05) is 46.3 Å². The Labute approximate surface area is 186 Å². The van der Waals surface area contributed by atoms with E-state index in [2.05, 4.69) is 25.6 Å². The normalized spacial score (nSPS) is 10.8. The number of amides is 1. The van der Waals surface area contributed by atoms with Gasteiger partial charge in [-0.05, 0) is 43.3 Å². The van der Waals surface area contributed by atoms with Gasteiger partial charge in [0.1, 0.15) is 5.82 Å². The smallest absolute Gasteiger partial charge is 0.278 e. The number of hydrogen-bond acceptors (Lipinski definition) is 6. The molecule has 31 heavy (non-hydrogen) atoms. The molecule has 0 fully saturated rings. The molecule has 2 aromatic heterocycles. The summed E-state index contributed by atoms with van der Waals surface area (Å²) in [6, 6.07) is 13.4. The highest BCUT2D eigenvalue weighted by atomic mass is 35.5. The van der Waals surface area contributed by atoms with Gasteiger partial charge >= 0.3 is 0 Å². The van der Waals surface area contributed by atoms with Gasteiger partial charge in [-0.2, -0.15) is 0 Å². The molecule has 4 aromatic rings. The summed E-state index contributed by atoms with van der Waals surface area (Å²) in [5.41, 5.74) is 2.94. The average molecular weight is 455 g/mol. The molecule has 7 nitrogen and oxygen atoms in total. The third-order valence-electron chi connectivity index (χ3n) is 4.31. The molecule has 0 aliphatic carbocycles. The fourth-order valence-electron chi connectivity index (χ4n) is 2.76. The lowest BCUT2D eigenvalue weighted by atomic mass is 10.2. The first-order valence-corrected chi connectivity index (χ1v) is 10.6. The molecule has 0 spiro atoms. The summed E-state index contributed by atoms with van der Waals surface area (Å²) >= 11 is 7.17. The van der Waals surface area contributed by atoms with Crippen LogP contribution in [0.1, 0.15) is 21.7 Å². The Bertz CT molecular complexity index is 1220. The van der Waals surface area contributed by atoms with Crippen LogP contribution >= 0.6 is 23.4 Å². The number of anilines is 1. The molecule has 0 saturated carbocycles. The van der Waals surface area contributed by atoms with Gasteiger partial charge in [0.05, 0.1) is 16.4 Å². The minimum absolute atomic E-state index is 0.0851. The maximum atomic E-state index is 13.4. The molecular weight excluding hydrogens is 439 g/mol. The summed E-state index contributed by atoms with van der Waals surface area (Å²) in [5, 5.41) is 11.5. The van der Waals surface area contributed by atoms with Gasteiger partial charge in [-0.25, -0.2) is 19.0 Å². The molecule has 10 heteroatoms. The van der Waals surface area contributed by atoms with Crippen molar-refractivity contribution in [2.75, 3.05) is 5.32 Å². The highest BCUT2D eigenvalue weighted by Gasteiger charge is 2.22. The van der Waals surface area contributed by atoms with Crippen molar-refractivity contribution in [3.63, 3.8) is 0 Å². The molecule has 0 unspecified atom stereocenters. The zero-order chi connectivity index (χ0) is 21.8.